The summed E-state index contributed by atoms with van der Waals surface area (Å²) < 4.78 is 28.5. The zero-order valence-corrected chi connectivity index (χ0v) is 27.7. The molecule has 0 unspecified atom stereocenters. The van der Waals surface area contributed by atoms with E-state index in [9.17, 15) is 22.8 Å². The van der Waals surface area contributed by atoms with Gasteiger partial charge in [0.25, 0.3) is 0 Å². The molecule has 0 N–H and O–H groups in total. The molecule has 1 aromatic heterocycles. The molecule has 0 fully saturated rings. The van der Waals surface area contributed by atoms with Crippen LogP contribution in [0.3, 0.4) is 0 Å². The number of sulfone groups is 1. The lowest BCUT2D eigenvalue weighted by Crippen LogP contribution is -2.16. The van der Waals surface area contributed by atoms with Crippen molar-refractivity contribution in [2.24, 2.45) is 5.16 Å². The molecule has 0 aliphatic heterocycles. The standard InChI is InChI=1S/C38H38N2O6S/c1-4-6-7-11-18-34(39-46-26(3)41)38(43)28-20-22-36-33(24-28)32-23-27(19-21-35(32)40(36)5-2)37(42)31-17-13-12-14-29(31)25-47(44,45)30-15-9-8-10-16-30/h8-10,12-17,19-24H,4-7,11,18,25H2,1-3H3/b39-34+. The van der Waals surface area contributed by atoms with Crippen LogP contribution in [0.5, 0.6) is 0 Å². The van der Waals surface area contributed by atoms with E-state index in [1.165, 1.54) is 6.92 Å². The molecule has 0 saturated heterocycles. The molecule has 0 amide bonds. The number of aromatic nitrogens is 1. The van der Waals surface area contributed by atoms with E-state index in [0.29, 0.717) is 35.2 Å². The van der Waals surface area contributed by atoms with Crippen molar-refractivity contribution >= 4 is 54.9 Å². The predicted molar refractivity (Wildman–Crippen MR) is 185 cm³/mol. The monoisotopic (exact) mass is 650 g/mol. The number of fused-ring (bicyclic) bond motifs is 3. The van der Waals surface area contributed by atoms with Gasteiger partial charge < -0.3 is 9.40 Å². The number of nitrogens with zero attached hydrogens (tertiary/aromatic N) is 2. The van der Waals surface area contributed by atoms with Gasteiger partial charge in [0.05, 0.1) is 10.6 Å². The normalized spacial score (nSPS) is 12.0. The lowest BCUT2D eigenvalue weighted by Gasteiger charge is -2.10. The molecule has 0 saturated carbocycles. The Morgan fingerprint density at radius 2 is 1.40 bits per heavy atom. The van der Waals surface area contributed by atoms with Crippen molar-refractivity contribution in [1.82, 2.24) is 4.57 Å². The fourth-order valence-electron chi connectivity index (χ4n) is 5.87. The number of benzene rings is 4. The van der Waals surface area contributed by atoms with Crippen LogP contribution < -0.4 is 0 Å². The maximum Gasteiger partial charge on any atom is 0.331 e. The van der Waals surface area contributed by atoms with Gasteiger partial charge in [-0.3, -0.25) is 9.59 Å². The van der Waals surface area contributed by atoms with Crippen LogP contribution in [-0.4, -0.2) is 36.2 Å². The summed E-state index contributed by atoms with van der Waals surface area (Å²) in [6.07, 6.45) is 4.15. The highest BCUT2D eigenvalue weighted by Crippen LogP contribution is 2.32. The van der Waals surface area contributed by atoms with Crippen molar-refractivity contribution in [3.8, 4) is 0 Å². The van der Waals surface area contributed by atoms with Crippen LogP contribution in [0.2, 0.25) is 0 Å². The second-order valence-electron chi connectivity index (χ2n) is 11.5. The molecule has 9 heteroatoms. The highest BCUT2D eigenvalue weighted by atomic mass is 32.2. The number of carbonyl (C=O) groups excluding carboxylic acids is 3. The first-order valence-electron chi connectivity index (χ1n) is 15.9. The van der Waals surface area contributed by atoms with Gasteiger partial charge in [-0.1, -0.05) is 73.8 Å². The second kappa shape index (κ2) is 14.7. The van der Waals surface area contributed by atoms with Gasteiger partial charge in [-0.15, -0.1) is 0 Å². The average Bonchev–Trinajstić information content (AvgIpc) is 3.40. The van der Waals surface area contributed by atoms with E-state index in [0.717, 1.165) is 47.5 Å². The summed E-state index contributed by atoms with van der Waals surface area (Å²) in [4.78, 5) is 44.2. The van der Waals surface area contributed by atoms with Gasteiger partial charge in [0.15, 0.2) is 15.6 Å². The third-order valence-electron chi connectivity index (χ3n) is 8.23. The van der Waals surface area contributed by atoms with Gasteiger partial charge in [0, 0.05) is 52.0 Å². The summed E-state index contributed by atoms with van der Waals surface area (Å²) >= 11 is 0. The van der Waals surface area contributed by atoms with E-state index in [1.807, 2.05) is 25.1 Å². The lowest BCUT2D eigenvalue weighted by molar-refractivity contribution is -0.140. The first kappa shape index (κ1) is 33.5. The van der Waals surface area contributed by atoms with E-state index in [-0.39, 0.29) is 27.9 Å². The minimum Gasteiger partial charge on any atom is -0.341 e. The fraction of sp³-hybridized carbons (Fsp3) is 0.263. The molecule has 5 aromatic rings. The SMILES string of the molecule is CCCCCC/C(=N\OC(C)=O)C(=O)c1ccc2c(c1)c1cc(C(=O)c3ccccc3CS(=O)(=O)c3ccccc3)ccc1n2CC. The predicted octanol–water partition coefficient (Wildman–Crippen LogP) is 8.09. The average molecular weight is 651 g/mol. The Hall–Kier alpha value is -4.89. The number of Topliss-reactive ketones (excluding diaryl/α,β-unsaturated/α-hetero) is 1. The van der Waals surface area contributed by atoms with Crippen LogP contribution in [0.15, 0.2) is 101 Å². The molecular formula is C38H38N2O6S. The maximum atomic E-state index is 14.0. The summed E-state index contributed by atoms with van der Waals surface area (Å²) in [5.41, 5.74) is 3.54. The largest absolute Gasteiger partial charge is 0.341 e. The summed E-state index contributed by atoms with van der Waals surface area (Å²) in [5, 5.41) is 5.49. The molecule has 1 heterocycles. The highest BCUT2D eigenvalue weighted by Gasteiger charge is 2.22. The molecule has 5 rings (SSSR count). The van der Waals surface area contributed by atoms with E-state index >= 15 is 0 Å². The summed E-state index contributed by atoms with van der Waals surface area (Å²) in [6, 6.07) is 25.9. The number of hydrogen-bond acceptors (Lipinski definition) is 7. The van der Waals surface area contributed by atoms with Crippen molar-refractivity contribution in [1.29, 1.82) is 0 Å². The van der Waals surface area contributed by atoms with Crippen molar-refractivity contribution in [3.05, 3.63) is 113 Å². The first-order chi connectivity index (χ1) is 22.6. The van der Waals surface area contributed by atoms with Gasteiger partial charge in [-0.05, 0) is 73.9 Å². The highest BCUT2D eigenvalue weighted by molar-refractivity contribution is 7.90. The van der Waals surface area contributed by atoms with Gasteiger partial charge in [0.2, 0.25) is 5.78 Å². The third kappa shape index (κ3) is 7.41. The summed E-state index contributed by atoms with van der Waals surface area (Å²) in [5.74, 6) is -1.51. The molecule has 4 aromatic carbocycles. The molecule has 0 bridgehead atoms. The van der Waals surface area contributed by atoms with Crippen LogP contribution in [0, 0.1) is 0 Å². The van der Waals surface area contributed by atoms with E-state index in [2.05, 4.69) is 16.6 Å². The van der Waals surface area contributed by atoms with E-state index < -0.39 is 15.8 Å². The van der Waals surface area contributed by atoms with Crippen molar-refractivity contribution in [2.75, 3.05) is 0 Å². The number of unbranched alkanes of at least 4 members (excludes halogenated alkanes) is 3. The quantitative estimate of drug-likeness (QED) is 0.0395. The maximum absolute atomic E-state index is 14.0. The topological polar surface area (TPSA) is 112 Å². The molecule has 0 radical (unpaired) electrons. The molecule has 242 valence electrons. The number of ketones is 2. The Balaban J connectivity index is 1.53. The number of aryl methyl sites for hydroxylation is 1. The van der Waals surface area contributed by atoms with Crippen LogP contribution in [0.25, 0.3) is 21.8 Å². The molecule has 0 aliphatic rings. The smallest absolute Gasteiger partial charge is 0.331 e. The van der Waals surface area contributed by atoms with Crippen molar-refractivity contribution in [3.63, 3.8) is 0 Å². The molecular weight excluding hydrogens is 612 g/mol. The Kier molecular flexibility index (Phi) is 10.5. The molecule has 0 spiro atoms. The van der Waals surface area contributed by atoms with Gasteiger partial charge >= 0.3 is 5.97 Å². The number of oxime groups is 1. The summed E-state index contributed by atoms with van der Waals surface area (Å²) in [7, 11) is -3.68. The molecule has 0 aliphatic carbocycles. The Morgan fingerprint density at radius 1 is 0.766 bits per heavy atom. The second-order valence-corrected chi connectivity index (χ2v) is 13.5. The van der Waals surface area contributed by atoms with E-state index in [1.54, 1.807) is 72.8 Å². The molecule has 47 heavy (non-hydrogen) atoms. The Morgan fingerprint density at radius 3 is 2.06 bits per heavy atom. The number of rotatable bonds is 14. The van der Waals surface area contributed by atoms with Gasteiger partial charge in [-0.2, -0.15) is 0 Å². The molecule has 0 atom stereocenters. The van der Waals surface area contributed by atoms with Gasteiger partial charge in [-0.25, -0.2) is 13.2 Å². The zero-order valence-electron chi connectivity index (χ0n) is 26.9. The van der Waals surface area contributed by atoms with Gasteiger partial charge in [0.1, 0.15) is 5.71 Å². The van der Waals surface area contributed by atoms with Crippen LogP contribution >= 0.6 is 0 Å². The van der Waals surface area contributed by atoms with Crippen molar-refractivity contribution < 1.29 is 27.6 Å². The van der Waals surface area contributed by atoms with Crippen LogP contribution in [0.4, 0.5) is 0 Å². The third-order valence-corrected chi connectivity index (χ3v) is 9.91. The minimum absolute atomic E-state index is 0.188. The number of carbonyl (C=O) groups is 3. The van der Waals surface area contributed by atoms with Crippen molar-refractivity contribution in [2.45, 2.75) is 70.1 Å². The van der Waals surface area contributed by atoms with Crippen LogP contribution in [0.1, 0.15) is 84.7 Å². The zero-order chi connectivity index (χ0) is 33.6. The first-order valence-corrected chi connectivity index (χ1v) is 17.5. The Labute approximate surface area is 275 Å². The fourth-order valence-corrected chi connectivity index (χ4v) is 7.27. The Bertz CT molecular complexity index is 2100. The number of hydrogen-bond donors (Lipinski definition) is 0. The molecule has 8 nitrogen and oxygen atoms in total. The minimum atomic E-state index is -3.68. The van der Waals surface area contributed by atoms with Crippen LogP contribution in [-0.2, 0) is 31.8 Å². The lowest BCUT2D eigenvalue weighted by atomic mass is 9.97. The summed E-state index contributed by atoms with van der Waals surface area (Å²) in [6.45, 7) is 6.04. The van der Waals surface area contributed by atoms with E-state index in [4.69, 9.17) is 4.84 Å².